The van der Waals surface area contributed by atoms with Crippen molar-refractivity contribution in [1.29, 1.82) is 0 Å². The van der Waals surface area contributed by atoms with Crippen LogP contribution < -0.4 is 4.18 Å². The molecule has 0 amide bonds. The number of nitro groups is 1. The van der Waals surface area contributed by atoms with E-state index in [-0.39, 0.29) is 22.3 Å². The monoisotopic (exact) mass is 321 g/mol. The highest BCUT2D eigenvalue weighted by atomic mass is 32.2. The first-order valence-corrected chi connectivity index (χ1v) is 7.99. The first kappa shape index (κ1) is 16.0. The summed E-state index contributed by atoms with van der Waals surface area (Å²) < 4.78 is 29.4. The predicted molar refractivity (Wildman–Crippen MR) is 81.4 cm³/mol. The van der Waals surface area contributed by atoms with Crippen molar-refractivity contribution in [3.05, 3.63) is 64.2 Å². The highest BCUT2D eigenvalue weighted by molar-refractivity contribution is 7.87. The van der Waals surface area contributed by atoms with Gasteiger partial charge in [-0.05, 0) is 35.7 Å². The van der Waals surface area contributed by atoms with Crippen molar-refractivity contribution in [2.45, 2.75) is 24.7 Å². The Morgan fingerprint density at radius 3 is 2.27 bits per heavy atom. The van der Waals surface area contributed by atoms with Crippen LogP contribution in [0.4, 0.5) is 5.69 Å². The Labute approximate surface area is 128 Å². The zero-order valence-corrected chi connectivity index (χ0v) is 12.9. The van der Waals surface area contributed by atoms with Gasteiger partial charge in [-0.2, -0.15) is 8.42 Å². The molecule has 2 aromatic rings. The molecule has 0 saturated heterocycles. The molecule has 22 heavy (non-hydrogen) atoms. The molecule has 0 fully saturated rings. The second-order valence-corrected chi connectivity index (χ2v) is 6.56. The van der Waals surface area contributed by atoms with Crippen LogP contribution in [0.15, 0.2) is 53.4 Å². The Bertz CT molecular complexity index is 782. The lowest BCUT2D eigenvalue weighted by atomic mass is 10.0. The zero-order valence-electron chi connectivity index (χ0n) is 12.1. The molecule has 2 rings (SSSR count). The van der Waals surface area contributed by atoms with Gasteiger partial charge >= 0.3 is 10.1 Å². The summed E-state index contributed by atoms with van der Waals surface area (Å²) in [5.41, 5.74) is 0.775. The van der Waals surface area contributed by atoms with Gasteiger partial charge in [0, 0.05) is 12.1 Å². The normalized spacial score (nSPS) is 11.4. The molecule has 7 heteroatoms. The molecule has 116 valence electrons. The van der Waals surface area contributed by atoms with Crippen molar-refractivity contribution in [3.8, 4) is 5.75 Å². The Morgan fingerprint density at radius 2 is 1.73 bits per heavy atom. The number of non-ortho nitro benzene ring substituents is 1. The SMILES string of the molecule is CC(C)c1cccc(OS(=O)(=O)c2ccc([N+](=O)[O-])cc2)c1. The molecule has 0 spiro atoms. The lowest BCUT2D eigenvalue weighted by Crippen LogP contribution is -2.10. The van der Waals surface area contributed by atoms with Gasteiger partial charge in [0.25, 0.3) is 5.69 Å². The topological polar surface area (TPSA) is 86.5 Å². The molecule has 0 unspecified atom stereocenters. The fourth-order valence-electron chi connectivity index (χ4n) is 1.83. The zero-order chi connectivity index (χ0) is 16.3. The van der Waals surface area contributed by atoms with Crippen molar-refractivity contribution in [1.82, 2.24) is 0 Å². The number of nitrogens with zero attached hydrogens (tertiary/aromatic N) is 1. The smallest absolute Gasteiger partial charge is 0.339 e. The summed E-state index contributed by atoms with van der Waals surface area (Å²) in [4.78, 5) is 9.85. The van der Waals surface area contributed by atoms with Crippen molar-refractivity contribution in [3.63, 3.8) is 0 Å². The maximum Gasteiger partial charge on any atom is 0.339 e. The van der Waals surface area contributed by atoms with Crippen molar-refractivity contribution < 1.29 is 17.5 Å². The average Bonchev–Trinajstić information content (AvgIpc) is 2.47. The van der Waals surface area contributed by atoms with Gasteiger partial charge in [-0.3, -0.25) is 10.1 Å². The summed E-state index contributed by atoms with van der Waals surface area (Å²) >= 11 is 0. The summed E-state index contributed by atoms with van der Waals surface area (Å²) in [6.45, 7) is 3.98. The predicted octanol–water partition coefficient (Wildman–Crippen LogP) is 3.49. The molecule has 2 aromatic carbocycles. The second-order valence-electron chi connectivity index (χ2n) is 5.02. The van der Waals surface area contributed by atoms with E-state index in [1.807, 2.05) is 19.9 Å². The van der Waals surface area contributed by atoms with Crippen LogP contribution >= 0.6 is 0 Å². The summed E-state index contributed by atoms with van der Waals surface area (Å²) in [5.74, 6) is 0.454. The molecular weight excluding hydrogens is 306 g/mol. The standard InChI is InChI=1S/C15H15NO5S/c1-11(2)12-4-3-5-14(10-12)21-22(19,20)15-8-6-13(7-9-15)16(17)18/h3-11H,1-2H3. The van der Waals surface area contributed by atoms with E-state index < -0.39 is 15.0 Å². The van der Waals surface area contributed by atoms with Gasteiger partial charge in [-0.1, -0.05) is 26.0 Å². The fourth-order valence-corrected chi connectivity index (χ4v) is 2.76. The van der Waals surface area contributed by atoms with Gasteiger partial charge < -0.3 is 4.18 Å². The minimum Gasteiger partial charge on any atom is -0.379 e. The molecule has 0 N–H and O–H groups in total. The largest absolute Gasteiger partial charge is 0.379 e. The molecule has 0 aliphatic heterocycles. The lowest BCUT2D eigenvalue weighted by Gasteiger charge is -2.10. The minimum absolute atomic E-state index is 0.131. The molecule has 0 aromatic heterocycles. The molecule has 0 heterocycles. The van der Waals surface area contributed by atoms with Crippen LogP contribution in [-0.4, -0.2) is 13.3 Å². The lowest BCUT2D eigenvalue weighted by molar-refractivity contribution is -0.384. The molecule has 0 bridgehead atoms. The Hall–Kier alpha value is -2.41. The van der Waals surface area contributed by atoms with E-state index in [0.29, 0.717) is 0 Å². The highest BCUT2D eigenvalue weighted by Gasteiger charge is 2.18. The van der Waals surface area contributed by atoms with Crippen LogP contribution in [0.2, 0.25) is 0 Å². The van der Waals surface area contributed by atoms with Gasteiger partial charge in [-0.15, -0.1) is 0 Å². The first-order chi connectivity index (χ1) is 10.3. The maximum absolute atomic E-state index is 12.2. The van der Waals surface area contributed by atoms with E-state index >= 15 is 0 Å². The minimum atomic E-state index is -4.02. The van der Waals surface area contributed by atoms with E-state index in [1.165, 1.54) is 0 Å². The third-order valence-corrected chi connectivity index (χ3v) is 4.33. The second kappa shape index (κ2) is 6.15. The number of benzene rings is 2. The van der Waals surface area contributed by atoms with Gasteiger partial charge in [0.05, 0.1) is 4.92 Å². The number of hydrogen-bond acceptors (Lipinski definition) is 5. The first-order valence-electron chi connectivity index (χ1n) is 6.58. The van der Waals surface area contributed by atoms with Gasteiger partial charge in [-0.25, -0.2) is 0 Å². The van der Waals surface area contributed by atoms with Crippen molar-refractivity contribution in [2.24, 2.45) is 0 Å². The molecule has 0 atom stereocenters. The fraction of sp³-hybridized carbons (Fsp3) is 0.200. The third kappa shape index (κ3) is 3.62. The summed E-state index contributed by atoms with van der Waals surface area (Å²) in [6.07, 6.45) is 0. The van der Waals surface area contributed by atoms with Crippen molar-refractivity contribution >= 4 is 15.8 Å². The van der Waals surface area contributed by atoms with Crippen molar-refractivity contribution in [2.75, 3.05) is 0 Å². The van der Waals surface area contributed by atoms with Crippen LogP contribution in [0.5, 0.6) is 5.75 Å². The van der Waals surface area contributed by atoms with Crippen LogP contribution in [-0.2, 0) is 10.1 Å². The molecule has 6 nitrogen and oxygen atoms in total. The Balaban J connectivity index is 2.27. The molecule has 0 aliphatic carbocycles. The summed E-state index contributed by atoms with van der Waals surface area (Å²) in [7, 11) is -4.02. The van der Waals surface area contributed by atoms with Gasteiger partial charge in [0.1, 0.15) is 10.6 Å². The average molecular weight is 321 g/mol. The molecular formula is C15H15NO5S. The third-order valence-electron chi connectivity index (χ3n) is 3.07. The van der Waals surface area contributed by atoms with Crippen LogP contribution in [0.1, 0.15) is 25.3 Å². The van der Waals surface area contributed by atoms with E-state index in [2.05, 4.69) is 0 Å². The van der Waals surface area contributed by atoms with Gasteiger partial charge in [0.2, 0.25) is 0 Å². The highest BCUT2D eigenvalue weighted by Crippen LogP contribution is 2.24. The van der Waals surface area contributed by atoms with Crippen LogP contribution in [0.3, 0.4) is 0 Å². The summed E-state index contributed by atoms with van der Waals surface area (Å²) in [5, 5.41) is 10.6. The molecule has 0 saturated carbocycles. The Kier molecular flexibility index (Phi) is 4.46. The quantitative estimate of drug-likeness (QED) is 0.478. The van der Waals surface area contributed by atoms with Gasteiger partial charge in [0.15, 0.2) is 0 Å². The van der Waals surface area contributed by atoms with Crippen LogP contribution in [0.25, 0.3) is 0 Å². The van der Waals surface area contributed by atoms with E-state index in [9.17, 15) is 18.5 Å². The summed E-state index contributed by atoms with van der Waals surface area (Å²) in [6, 6.07) is 11.4. The Morgan fingerprint density at radius 1 is 1.09 bits per heavy atom. The van der Waals surface area contributed by atoms with E-state index in [0.717, 1.165) is 29.8 Å². The number of nitro benzene ring substituents is 1. The maximum atomic E-state index is 12.2. The van der Waals surface area contributed by atoms with E-state index in [1.54, 1.807) is 18.2 Å². The molecule has 0 radical (unpaired) electrons. The number of hydrogen-bond donors (Lipinski definition) is 0. The van der Waals surface area contributed by atoms with E-state index in [4.69, 9.17) is 4.18 Å². The van der Waals surface area contributed by atoms with Crippen LogP contribution in [0, 0.1) is 10.1 Å². The molecule has 0 aliphatic rings. The number of rotatable bonds is 5.